The second kappa shape index (κ2) is 8.28. The summed E-state index contributed by atoms with van der Waals surface area (Å²) >= 11 is 0. The molecule has 0 heterocycles. The summed E-state index contributed by atoms with van der Waals surface area (Å²) in [6.07, 6.45) is 5.57. The highest BCUT2D eigenvalue weighted by atomic mass is 16.3. The van der Waals surface area contributed by atoms with Gasteiger partial charge < -0.3 is 5.11 Å². The molecule has 1 N–H and O–H groups in total. The highest BCUT2D eigenvalue weighted by Gasteiger charge is 2.16. The van der Waals surface area contributed by atoms with Crippen molar-refractivity contribution in [2.45, 2.75) is 25.7 Å². The highest BCUT2D eigenvalue weighted by molar-refractivity contribution is 5.35. The predicted molar refractivity (Wildman–Crippen MR) is 104 cm³/mol. The van der Waals surface area contributed by atoms with Gasteiger partial charge in [0, 0.05) is 17.6 Å². The van der Waals surface area contributed by atoms with Crippen molar-refractivity contribution in [3.05, 3.63) is 113 Å². The molecule has 0 saturated carbocycles. The summed E-state index contributed by atoms with van der Waals surface area (Å²) in [5.74, 6) is 0.558. The average molecular weight is 327 g/mol. The Kier molecular flexibility index (Phi) is 5.61. The number of phenolic OH excluding ortho intramolecular Hbond substituents is 1. The van der Waals surface area contributed by atoms with E-state index in [1.54, 1.807) is 12.1 Å². The van der Waals surface area contributed by atoms with Gasteiger partial charge in [-0.2, -0.15) is 0 Å². The first-order valence-corrected chi connectivity index (χ1v) is 8.73. The lowest BCUT2D eigenvalue weighted by Crippen LogP contribution is -2.01. The van der Waals surface area contributed by atoms with Crippen LogP contribution in [0.25, 0.3) is 0 Å². The van der Waals surface area contributed by atoms with Gasteiger partial charge in [-0.05, 0) is 54.3 Å². The van der Waals surface area contributed by atoms with E-state index in [2.05, 4.69) is 55.5 Å². The summed E-state index contributed by atoms with van der Waals surface area (Å²) in [7, 11) is 0. The first-order valence-electron chi connectivity index (χ1n) is 8.73. The third-order valence-electron chi connectivity index (χ3n) is 4.52. The van der Waals surface area contributed by atoms with Gasteiger partial charge in [0.1, 0.15) is 5.75 Å². The first-order chi connectivity index (χ1) is 12.2. The van der Waals surface area contributed by atoms with Crippen molar-refractivity contribution in [3.63, 3.8) is 0 Å². The Hall–Kier alpha value is -2.89. The van der Waals surface area contributed by atoms with Crippen molar-refractivity contribution < 1.29 is 5.11 Å². The molecule has 0 spiro atoms. The minimum absolute atomic E-state index is 0.254. The monoisotopic (exact) mass is 327 g/mol. The lowest BCUT2D eigenvalue weighted by atomic mass is 9.87. The van der Waals surface area contributed by atoms with Crippen LogP contribution in [0.3, 0.4) is 0 Å². The average Bonchev–Trinajstić information content (AvgIpc) is 2.67. The van der Waals surface area contributed by atoms with Crippen LogP contribution in [-0.4, -0.2) is 5.11 Å². The first kappa shape index (κ1) is 17.0. The zero-order valence-electron chi connectivity index (χ0n) is 14.5. The third-order valence-corrected chi connectivity index (χ3v) is 4.52. The topological polar surface area (TPSA) is 20.2 Å². The minimum Gasteiger partial charge on any atom is -0.508 e. The molecule has 25 heavy (non-hydrogen) atoms. The maximum Gasteiger partial charge on any atom is 0.188 e. The van der Waals surface area contributed by atoms with Crippen LogP contribution < -0.4 is 0 Å². The Morgan fingerprint density at radius 2 is 1.44 bits per heavy atom. The lowest BCUT2D eigenvalue weighted by Gasteiger charge is -2.14. The summed E-state index contributed by atoms with van der Waals surface area (Å²) < 4.78 is 0. The number of benzene rings is 3. The van der Waals surface area contributed by atoms with Crippen LogP contribution in [0.15, 0.2) is 90.5 Å². The van der Waals surface area contributed by atoms with Crippen molar-refractivity contribution >= 4 is 0 Å². The molecule has 1 atom stereocenters. The van der Waals surface area contributed by atoms with Crippen LogP contribution in [0.2, 0.25) is 0 Å². The van der Waals surface area contributed by atoms with Crippen LogP contribution in [0.4, 0.5) is 0 Å². The SMILES string of the molecule is CC(C(=[C+]c1ccccc1)CCc1ccccc1)c1ccc(O)cc1. The number of hydrogen-bond donors (Lipinski definition) is 1. The third kappa shape index (κ3) is 4.79. The predicted octanol–water partition coefficient (Wildman–Crippen LogP) is 5.91. The molecule has 1 nitrogen and oxygen atoms in total. The van der Waals surface area contributed by atoms with Gasteiger partial charge in [0.05, 0.1) is 12.1 Å². The summed E-state index contributed by atoms with van der Waals surface area (Å²) in [6, 6.07) is 28.4. The molecule has 1 heteroatoms. The van der Waals surface area contributed by atoms with Gasteiger partial charge in [-0.1, -0.05) is 49.4 Å². The lowest BCUT2D eigenvalue weighted by molar-refractivity contribution is 0.475. The zero-order chi connectivity index (χ0) is 17.5. The van der Waals surface area contributed by atoms with E-state index in [-0.39, 0.29) is 5.92 Å². The van der Waals surface area contributed by atoms with E-state index in [1.807, 2.05) is 30.3 Å². The van der Waals surface area contributed by atoms with Crippen LogP contribution in [0.1, 0.15) is 36.0 Å². The molecule has 0 aliphatic heterocycles. The smallest absolute Gasteiger partial charge is 0.188 e. The quantitative estimate of drug-likeness (QED) is 0.558. The van der Waals surface area contributed by atoms with Crippen molar-refractivity contribution in [1.82, 2.24) is 0 Å². The molecular weight excluding hydrogens is 304 g/mol. The van der Waals surface area contributed by atoms with Crippen molar-refractivity contribution in [2.24, 2.45) is 0 Å². The summed E-state index contributed by atoms with van der Waals surface area (Å²) in [6.45, 7) is 2.21. The number of hydrogen-bond acceptors (Lipinski definition) is 1. The summed E-state index contributed by atoms with van der Waals surface area (Å²) in [5.41, 5.74) is 4.92. The molecule has 0 amide bonds. The van der Waals surface area contributed by atoms with Gasteiger partial charge in [0.25, 0.3) is 0 Å². The fourth-order valence-electron chi connectivity index (χ4n) is 2.98. The van der Waals surface area contributed by atoms with E-state index < -0.39 is 0 Å². The Bertz CT molecular complexity index is 802. The van der Waals surface area contributed by atoms with E-state index in [4.69, 9.17) is 0 Å². The maximum absolute atomic E-state index is 9.54. The van der Waals surface area contributed by atoms with Crippen molar-refractivity contribution in [3.8, 4) is 5.75 Å². The van der Waals surface area contributed by atoms with E-state index in [0.29, 0.717) is 5.75 Å². The molecule has 0 aromatic heterocycles. The molecule has 0 fully saturated rings. The Morgan fingerprint density at radius 3 is 2.08 bits per heavy atom. The van der Waals surface area contributed by atoms with E-state index in [0.717, 1.165) is 18.4 Å². The molecule has 3 aromatic rings. The second-order valence-electron chi connectivity index (χ2n) is 6.32. The zero-order valence-corrected chi connectivity index (χ0v) is 14.5. The molecule has 3 rings (SSSR count). The minimum atomic E-state index is 0.254. The molecule has 0 aliphatic rings. The van der Waals surface area contributed by atoms with Crippen LogP contribution >= 0.6 is 0 Å². The fraction of sp³-hybridized carbons (Fsp3) is 0.167. The Morgan fingerprint density at radius 1 is 0.840 bits per heavy atom. The number of rotatable bonds is 6. The van der Waals surface area contributed by atoms with Crippen LogP contribution in [0, 0.1) is 6.08 Å². The normalized spacial score (nSPS) is 12.4. The number of aromatic hydroxyl groups is 1. The molecule has 3 aromatic carbocycles. The highest BCUT2D eigenvalue weighted by Crippen LogP contribution is 2.29. The fourth-order valence-corrected chi connectivity index (χ4v) is 2.98. The maximum atomic E-state index is 9.54. The molecule has 0 bridgehead atoms. The molecule has 0 radical (unpaired) electrons. The number of phenols is 1. The largest absolute Gasteiger partial charge is 0.508 e. The van der Waals surface area contributed by atoms with Crippen molar-refractivity contribution in [2.75, 3.05) is 0 Å². The van der Waals surface area contributed by atoms with Crippen molar-refractivity contribution in [1.29, 1.82) is 0 Å². The van der Waals surface area contributed by atoms with E-state index in [9.17, 15) is 5.11 Å². The molecule has 0 saturated heterocycles. The van der Waals surface area contributed by atoms with Crippen LogP contribution in [-0.2, 0) is 6.42 Å². The summed E-state index contributed by atoms with van der Waals surface area (Å²) in [5, 5.41) is 9.54. The standard InChI is InChI=1S/C24H22O/c1-19(22-14-16-24(25)17-15-22)23(18-21-10-6-3-7-11-21)13-12-20-8-4-2-5-9-20/h2-11,14-17,19H,12-13H2,1H3/p+1. The summed E-state index contributed by atoms with van der Waals surface area (Å²) in [4.78, 5) is 0. The van der Waals surface area contributed by atoms with Gasteiger partial charge >= 0.3 is 0 Å². The van der Waals surface area contributed by atoms with Crippen LogP contribution in [0.5, 0.6) is 5.75 Å². The van der Waals surface area contributed by atoms with Gasteiger partial charge in [-0.15, -0.1) is 0 Å². The molecule has 1 unspecified atom stereocenters. The molecular formula is C24H23O+. The second-order valence-corrected chi connectivity index (χ2v) is 6.32. The van der Waals surface area contributed by atoms with Gasteiger partial charge in [-0.3, -0.25) is 0 Å². The van der Waals surface area contributed by atoms with Gasteiger partial charge in [0.15, 0.2) is 5.56 Å². The van der Waals surface area contributed by atoms with E-state index in [1.165, 1.54) is 16.7 Å². The Labute approximate surface area is 150 Å². The molecule has 124 valence electrons. The van der Waals surface area contributed by atoms with E-state index >= 15 is 0 Å². The number of allylic oxidation sites excluding steroid dienone is 1. The van der Waals surface area contributed by atoms with Gasteiger partial charge in [-0.25, -0.2) is 0 Å². The van der Waals surface area contributed by atoms with Gasteiger partial charge in [0.2, 0.25) is 0 Å². The Balaban J connectivity index is 1.85. The number of aryl methyl sites for hydroxylation is 1. The molecule has 0 aliphatic carbocycles.